The van der Waals surface area contributed by atoms with Crippen molar-refractivity contribution in [1.29, 1.82) is 0 Å². The predicted octanol–water partition coefficient (Wildman–Crippen LogP) is 8.73. The third-order valence-corrected chi connectivity index (χ3v) is 8.08. The maximum atomic E-state index is 5.34. The number of aromatic nitrogens is 4. The summed E-state index contributed by atoms with van der Waals surface area (Å²) in [7, 11) is 0. The summed E-state index contributed by atoms with van der Waals surface area (Å²) in [5.41, 5.74) is 3.84. The van der Waals surface area contributed by atoms with Gasteiger partial charge in [0.1, 0.15) is 11.0 Å². The van der Waals surface area contributed by atoms with Gasteiger partial charge in [-0.3, -0.25) is 4.57 Å². The average molecular weight is 497 g/mol. The molecule has 0 fully saturated rings. The highest BCUT2D eigenvalue weighted by Gasteiger charge is 2.19. The molecular formula is C35H20N4. The van der Waals surface area contributed by atoms with Crippen molar-refractivity contribution in [3.63, 3.8) is 0 Å². The predicted molar refractivity (Wildman–Crippen MR) is 162 cm³/mol. The molecule has 2 heterocycles. The fraction of sp³-hybridized carbons (Fsp3) is 0. The lowest BCUT2D eigenvalue weighted by Gasteiger charge is -2.14. The number of rotatable bonds is 1. The van der Waals surface area contributed by atoms with Crippen molar-refractivity contribution in [1.82, 2.24) is 19.7 Å². The van der Waals surface area contributed by atoms with Crippen LogP contribution in [0, 0.1) is 0 Å². The third-order valence-electron chi connectivity index (χ3n) is 8.08. The van der Waals surface area contributed by atoms with Gasteiger partial charge in [-0.15, -0.1) is 10.2 Å². The van der Waals surface area contributed by atoms with Gasteiger partial charge in [0.25, 0.3) is 5.95 Å². The maximum absolute atomic E-state index is 5.34. The van der Waals surface area contributed by atoms with E-state index in [1.54, 1.807) is 0 Å². The Labute approximate surface area is 222 Å². The summed E-state index contributed by atoms with van der Waals surface area (Å²) >= 11 is 0. The first-order valence-electron chi connectivity index (χ1n) is 13.1. The molecule has 0 spiro atoms. The molecule has 0 N–H and O–H groups in total. The SMILES string of the molecule is c1ccc2c(c1)ccc1c3ccc4ccccc4c3c3nc(-n4c5ccccc5c5ccccc54)nnc3c21. The Balaban J connectivity index is 1.53. The second kappa shape index (κ2) is 7.59. The van der Waals surface area contributed by atoms with Crippen molar-refractivity contribution in [2.75, 3.05) is 0 Å². The van der Waals surface area contributed by atoms with Crippen molar-refractivity contribution in [3.05, 3.63) is 121 Å². The highest BCUT2D eigenvalue weighted by Crippen LogP contribution is 2.40. The van der Waals surface area contributed by atoms with E-state index in [-0.39, 0.29) is 0 Å². The van der Waals surface area contributed by atoms with Crippen molar-refractivity contribution in [3.8, 4) is 5.95 Å². The Hall–Kier alpha value is -5.35. The molecule has 4 nitrogen and oxygen atoms in total. The lowest BCUT2D eigenvalue weighted by atomic mass is 9.92. The van der Waals surface area contributed by atoms with E-state index < -0.39 is 0 Å². The van der Waals surface area contributed by atoms with E-state index in [4.69, 9.17) is 15.2 Å². The van der Waals surface area contributed by atoms with E-state index in [1.165, 1.54) is 37.7 Å². The number of hydrogen-bond acceptors (Lipinski definition) is 3. The van der Waals surface area contributed by atoms with Crippen molar-refractivity contribution in [2.24, 2.45) is 0 Å². The van der Waals surface area contributed by atoms with Crippen LogP contribution in [0.25, 0.3) is 81.9 Å². The van der Waals surface area contributed by atoms with Gasteiger partial charge in [-0.1, -0.05) is 109 Å². The van der Waals surface area contributed by atoms with Gasteiger partial charge in [0.05, 0.1) is 11.0 Å². The lowest BCUT2D eigenvalue weighted by molar-refractivity contribution is 0.926. The minimum atomic E-state index is 0.578. The average Bonchev–Trinajstić information content (AvgIpc) is 3.34. The van der Waals surface area contributed by atoms with Crippen LogP contribution in [0.1, 0.15) is 0 Å². The molecule has 0 atom stereocenters. The summed E-state index contributed by atoms with van der Waals surface area (Å²) in [6.45, 7) is 0. The summed E-state index contributed by atoms with van der Waals surface area (Å²) in [4.78, 5) is 5.34. The molecule has 0 bridgehead atoms. The highest BCUT2D eigenvalue weighted by molar-refractivity contribution is 6.33. The summed E-state index contributed by atoms with van der Waals surface area (Å²) in [6.07, 6.45) is 0. The molecule has 2 aromatic heterocycles. The molecule has 0 unspecified atom stereocenters. The first-order chi connectivity index (χ1) is 19.4. The summed E-state index contributed by atoms with van der Waals surface area (Å²) < 4.78 is 2.14. The maximum Gasteiger partial charge on any atom is 0.255 e. The van der Waals surface area contributed by atoms with Crippen LogP contribution >= 0.6 is 0 Å². The van der Waals surface area contributed by atoms with Crippen LogP contribution in [-0.4, -0.2) is 19.7 Å². The number of hydrogen-bond donors (Lipinski definition) is 0. The van der Waals surface area contributed by atoms with Gasteiger partial charge in [-0.05, 0) is 44.5 Å². The molecule has 9 rings (SSSR count). The molecule has 0 radical (unpaired) electrons. The number of para-hydroxylation sites is 2. The second-order valence-corrected chi connectivity index (χ2v) is 10.1. The number of benzene rings is 7. The van der Waals surface area contributed by atoms with E-state index >= 15 is 0 Å². The fourth-order valence-corrected chi connectivity index (χ4v) is 6.40. The Morgan fingerprint density at radius 1 is 0.385 bits per heavy atom. The second-order valence-electron chi connectivity index (χ2n) is 10.1. The van der Waals surface area contributed by atoms with Crippen LogP contribution in [0.3, 0.4) is 0 Å². The van der Waals surface area contributed by atoms with E-state index in [2.05, 4.69) is 126 Å². The molecule has 7 aromatic carbocycles. The van der Waals surface area contributed by atoms with Crippen LogP contribution in [-0.2, 0) is 0 Å². The normalized spacial score (nSPS) is 12.1. The van der Waals surface area contributed by atoms with Crippen molar-refractivity contribution >= 4 is 75.9 Å². The van der Waals surface area contributed by atoms with Gasteiger partial charge in [0.15, 0.2) is 0 Å². The Kier molecular flexibility index (Phi) is 4.02. The zero-order chi connectivity index (χ0) is 25.5. The van der Waals surface area contributed by atoms with E-state index in [1.807, 2.05) is 0 Å². The zero-order valence-electron chi connectivity index (χ0n) is 20.8. The highest BCUT2D eigenvalue weighted by atomic mass is 15.3. The van der Waals surface area contributed by atoms with E-state index in [0.717, 1.165) is 38.2 Å². The van der Waals surface area contributed by atoms with Crippen molar-refractivity contribution in [2.45, 2.75) is 0 Å². The lowest BCUT2D eigenvalue weighted by Crippen LogP contribution is -2.04. The molecule has 0 aliphatic rings. The topological polar surface area (TPSA) is 43.6 Å². The van der Waals surface area contributed by atoms with Crippen LogP contribution in [0.15, 0.2) is 121 Å². The van der Waals surface area contributed by atoms with Crippen LogP contribution in [0.4, 0.5) is 0 Å². The van der Waals surface area contributed by atoms with E-state index in [0.29, 0.717) is 5.95 Å². The van der Waals surface area contributed by atoms with Crippen molar-refractivity contribution < 1.29 is 0 Å². The first-order valence-corrected chi connectivity index (χ1v) is 13.1. The van der Waals surface area contributed by atoms with Crippen LogP contribution in [0.2, 0.25) is 0 Å². The minimum Gasteiger partial charge on any atom is -0.277 e. The van der Waals surface area contributed by atoms with Gasteiger partial charge in [0.2, 0.25) is 0 Å². The largest absolute Gasteiger partial charge is 0.277 e. The number of fused-ring (bicyclic) bond motifs is 13. The van der Waals surface area contributed by atoms with Gasteiger partial charge < -0.3 is 0 Å². The monoisotopic (exact) mass is 496 g/mol. The summed E-state index contributed by atoms with van der Waals surface area (Å²) in [5.74, 6) is 0.578. The molecule has 39 heavy (non-hydrogen) atoms. The van der Waals surface area contributed by atoms with Gasteiger partial charge in [-0.25, -0.2) is 4.98 Å². The molecule has 4 heteroatoms. The molecule has 0 saturated carbocycles. The molecule has 0 aliphatic heterocycles. The standard InChI is InChI=1S/C35H20N4/c1-3-11-23-21(9-1)17-19-27-28-20-18-22-10-2-4-12-24(22)32(28)34-33(31(23)27)36-35(38-37-34)39-29-15-7-5-13-25(29)26-14-6-8-16-30(26)39/h1-20H. The van der Waals surface area contributed by atoms with Crippen LogP contribution < -0.4 is 0 Å². The molecule has 9 aromatic rings. The zero-order valence-corrected chi connectivity index (χ0v) is 20.8. The first kappa shape index (κ1) is 20.7. The van der Waals surface area contributed by atoms with E-state index in [9.17, 15) is 0 Å². The molecule has 0 saturated heterocycles. The Morgan fingerprint density at radius 3 is 1.46 bits per heavy atom. The Bertz CT molecular complexity index is 2400. The molecule has 180 valence electrons. The van der Waals surface area contributed by atoms with Gasteiger partial charge >= 0.3 is 0 Å². The summed E-state index contributed by atoms with van der Waals surface area (Å²) in [5, 5.41) is 21.4. The van der Waals surface area contributed by atoms with Gasteiger partial charge in [-0.2, -0.15) is 0 Å². The smallest absolute Gasteiger partial charge is 0.255 e. The molecule has 0 aliphatic carbocycles. The minimum absolute atomic E-state index is 0.578. The molecular weight excluding hydrogens is 476 g/mol. The molecule has 0 amide bonds. The van der Waals surface area contributed by atoms with Crippen LogP contribution in [0.5, 0.6) is 0 Å². The summed E-state index contributed by atoms with van der Waals surface area (Å²) in [6, 6.07) is 42.7. The quantitative estimate of drug-likeness (QED) is 0.213. The van der Waals surface area contributed by atoms with Gasteiger partial charge in [0, 0.05) is 21.5 Å². The Morgan fingerprint density at radius 2 is 0.872 bits per heavy atom. The number of nitrogens with zero attached hydrogens (tertiary/aromatic N) is 4. The fourth-order valence-electron chi connectivity index (χ4n) is 6.40. The third kappa shape index (κ3) is 2.75.